The van der Waals surface area contributed by atoms with Gasteiger partial charge in [0, 0.05) is 12.1 Å². The second-order valence-electron chi connectivity index (χ2n) is 2.14. The van der Waals surface area contributed by atoms with Gasteiger partial charge in [0.05, 0.1) is 7.11 Å². The van der Waals surface area contributed by atoms with E-state index in [0.717, 1.165) is 7.11 Å². The molecule has 1 N–H and O–H groups in total. The van der Waals surface area contributed by atoms with Crippen LogP contribution in [0.3, 0.4) is 0 Å². The third-order valence-electron chi connectivity index (χ3n) is 1.08. The van der Waals surface area contributed by atoms with Crippen molar-refractivity contribution in [3.63, 3.8) is 0 Å². The van der Waals surface area contributed by atoms with Crippen LogP contribution in [0.15, 0.2) is 30.6 Å². The number of hydrogen-bond donors (Lipinski definition) is 1. The average molecular weight is 206 g/mol. The molecule has 13 heavy (non-hydrogen) atoms. The molecule has 1 aromatic rings. The summed E-state index contributed by atoms with van der Waals surface area (Å²) in [6, 6.07) is 6.00. The lowest BCUT2D eigenvalue weighted by Gasteiger charge is -1.82. The summed E-state index contributed by atoms with van der Waals surface area (Å²) in [6.45, 7) is 0. The van der Waals surface area contributed by atoms with Crippen LogP contribution in [0.25, 0.3) is 0 Å². The van der Waals surface area contributed by atoms with E-state index >= 15 is 0 Å². The Labute approximate surface area is 77.5 Å². The van der Waals surface area contributed by atoms with Gasteiger partial charge in [-0.2, -0.15) is 8.42 Å². The Balaban J connectivity index is 0.000000226. The van der Waals surface area contributed by atoms with Crippen molar-refractivity contribution in [2.45, 2.75) is 0 Å². The highest BCUT2D eigenvalue weighted by molar-refractivity contribution is 7.80. The van der Waals surface area contributed by atoms with E-state index in [-0.39, 0.29) is 0 Å². The summed E-state index contributed by atoms with van der Waals surface area (Å²) < 4.78 is 31.7. The summed E-state index contributed by atoms with van der Waals surface area (Å²) in [5.41, 5.74) is 0. The summed E-state index contributed by atoms with van der Waals surface area (Å²) in [5.74, 6) is 0. The lowest BCUT2D eigenvalue weighted by Crippen LogP contribution is -2.25. The van der Waals surface area contributed by atoms with E-state index in [1.807, 2.05) is 42.2 Å². The molecule has 0 aliphatic carbocycles. The maximum atomic E-state index is 9.33. The van der Waals surface area contributed by atoms with Crippen LogP contribution in [0.5, 0.6) is 0 Å². The van der Waals surface area contributed by atoms with E-state index in [4.69, 9.17) is 4.55 Å². The third kappa shape index (κ3) is 8.93. The molecule has 0 radical (unpaired) electrons. The SMILES string of the molecule is COS(=O)(=O)O.C[n+]1ccccc1. The van der Waals surface area contributed by atoms with Crippen LogP contribution in [-0.4, -0.2) is 20.1 Å². The molecular weight excluding hydrogens is 194 g/mol. The van der Waals surface area contributed by atoms with Crippen molar-refractivity contribution < 1.29 is 21.7 Å². The monoisotopic (exact) mass is 206 g/mol. The Morgan fingerprint density at radius 1 is 1.23 bits per heavy atom. The molecule has 1 aromatic heterocycles. The first kappa shape index (κ1) is 12.0. The van der Waals surface area contributed by atoms with Crippen LogP contribution >= 0.6 is 0 Å². The highest BCUT2D eigenvalue weighted by atomic mass is 32.3. The van der Waals surface area contributed by atoms with Gasteiger partial charge in [0.1, 0.15) is 7.05 Å². The molecule has 0 bridgehead atoms. The first-order valence-electron chi connectivity index (χ1n) is 3.39. The molecule has 0 unspecified atom stereocenters. The van der Waals surface area contributed by atoms with Crippen molar-refractivity contribution in [1.29, 1.82) is 0 Å². The van der Waals surface area contributed by atoms with Gasteiger partial charge in [0.25, 0.3) is 0 Å². The molecule has 1 heterocycles. The Morgan fingerprint density at radius 2 is 1.62 bits per heavy atom. The number of hydrogen-bond acceptors (Lipinski definition) is 3. The summed E-state index contributed by atoms with van der Waals surface area (Å²) in [5, 5.41) is 0. The van der Waals surface area contributed by atoms with Crippen LogP contribution in [0.1, 0.15) is 0 Å². The van der Waals surface area contributed by atoms with Crippen LogP contribution in [0.2, 0.25) is 0 Å². The molecule has 5 nitrogen and oxygen atoms in total. The lowest BCUT2D eigenvalue weighted by atomic mass is 10.5. The Bertz CT molecular complexity index is 322. The first-order chi connectivity index (χ1) is 5.95. The molecule has 6 heteroatoms. The summed E-state index contributed by atoms with van der Waals surface area (Å²) in [7, 11) is -1.29. The van der Waals surface area contributed by atoms with Crippen molar-refractivity contribution in [2.75, 3.05) is 7.11 Å². The highest BCUT2D eigenvalue weighted by Gasteiger charge is 1.94. The predicted molar refractivity (Wildman–Crippen MR) is 46.2 cm³/mol. The zero-order valence-electron chi connectivity index (χ0n) is 7.41. The molecule has 0 atom stereocenters. The standard InChI is InChI=1S/C6H8N.CH4O4S/c1-7-5-3-2-4-6-7;1-5-6(2,3)4/h2-6H,1H3;1H3,(H,2,3,4)/q+1;. The first-order valence-corrected chi connectivity index (χ1v) is 4.75. The molecule has 0 aliphatic rings. The molecular formula is C7H12NO4S+. The number of pyridine rings is 1. The number of nitrogens with zero attached hydrogens (tertiary/aromatic N) is 1. The summed E-state index contributed by atoms with van der Waals surface area (Å²) in [4.78, 5) is 0. The van der Waals surface area contributed by atoms with Crippen molar-refractivity contribution in [3.8, 4) is 0 Å². The third-order valence-corrected chi connectivity index (χ3v) is 1.50. The van der Waals surface area contributed by atoms with Gasteiger partial charge in [-0.1, -0.05) is 6.07 Å². The van der Waals surface area contributed by atoms with Gasteiger partial charge < -0.3 is 0 Å². The summed E-state index contributed by atoms with van der Waals surface area (Å²) in [6.07, 6.45) is 4.00. The second-order valence-corrected chi connectivity index (χ2v) is 3.32. The van der Waals surface area contributed by atoms with Crippen molar-refractivity contribution in [1.82, 2.24) is 0 Å². The largest absolute Gasteiger partial charge is 0.397 e. The normalized spacial score (nSPS) is 10.1. The molecule has 0 fully saturated rings. The van der Waals surface area contributed by atoms with Crippen LogP contribution in [0, 0.1) is 0 Å². The van der Waals surface area contributed by atoms with Gasteiger partial charge in [0.15, 0.2) is 12.4 Å². The molecule has 0 amide bonds. The van der Waals surface area contributed by atoms with Gasteiger partial charge in [-0.15, -0.1) is 0 Å². The zero-order chi connectivity index (χ0) is 10.3. The Kier molecular flexibility index (Phi) is 5.20. The molecule has 1 rings (SSSR count). The van der Waals surface area contributed by atoms with Crippen molar-refractivity contribution in [2.24, 2.45) is 7.05 Å². The Hall–Kier alpha value is -0.980. The second kappa shape index (κ2) is 5.63. The lowest BCUT2D eigenvalue weighted by molar-refractivity contribution is -0.671. The topological polar surface area (TPSA) is 67.5 Å². The molecule has 0 aromatic carbocycles. The van der Waals surface area contributed by atoms with E-state index < -0.39 is 10.4 Å². The molecule has 0 saturated heterocycles. The maximum absolute atomic E-state index is 9.33. The summed E-state index contributed by atoms with van der Waals surface area (Å²) >= 11 is 0. The predicted octanol–water partition coefficient (Wildman–Crippen LogP) is -0.0533. The van der Waals surface area contributed by atoms with E-state index in [2.05, 4.69) is 4.18 Å². The molecule has 0 spiro atoms. The van der Waals surface area contributed by atoms with E-state index in [1.54, 1.807) is 0 Å². The van der Waals surface area contributed by atoms with E-state index in [9.17, 15) is 8.42 Å². The highest BCUT2D eigenvalue weighted by Crippen LogP contribution is 1.75. The minimum atomic E-state index is -4.16. The maximum Gasteiger partial charge on any atom is 0.397 e. The van der Waals surface area contributed by atoms with Gasteiger partial charge in [-0.3, -0.25) is 8.74 Å². The van der Waals surface area contributed by atoms with E-state index in [1.165, 1.54) is 0 Å². The average Bonchev–Trinajstić information content (AvgIpc) is 2.06. The zero-order valence-corrected chi connectivity index (χ0v) is 8.23. The number of aryl methyl sites for hydroxylation is 1. The fourth-order valence-electron chi connectivity index (χ4n) is 0.485. The Morgan fingerprint density at radius 3 is 1.77 bits per heavy atom. The molecule has 74 valence electrons. The molecule has 0 saturated carbocycles. The van der Waals surface area contributed by atoms with Gasteiger partial charge >= 0.3 is 10.4 Å². The van der Waals surface area contributed by atoms with E-state index in [0.29, 0.717) is 0 Å². The quantitative estimate of drug-likeness (QED) is 0.516. The fourth-order valence-corrected chi connectivity index (χ4v) is 0.485. The fraction of sp³-hybridized carbons (Fsp3) is 0.286. The van der Waals surface area contributed by atoms with Gasteiger partial charge in [-0.05, 0) is 0 Å². The van der Waals surface area contributed by atoms with Crippen LogP contribution in [0.4, 0.5) is 0 Å². The van der Waals surface area contributed by atoms with Crippen molar-refractivity contribution in [3.05, 3.63) is 30.6 Å². The number of aromatic nitrogens is 1. The minimum absolute atomic E-state index is 0.870. The molecule has 0 aliphatic heterocycles. The van der Waals surface area contributed by atoms with Crippen molar-refractivity contribution >= 4 is 10.4 Å². The smallest absolute Gasteiger partial charge is 0.264 e. The van der Waals surface area contributed by atoms with Crippen LogP contribution in [-0.2, 0) is 21.6 Å². The van der Waals surface area contributed by atoms with Gasteiger partial charge in [-0.25, -0.2) is 4.57 Å². The van der Waals surface area contributed by atoms with Gasteiger partial charge in [0.2, 0.25) is 0 Å². The number of rotatable bonds is 1. The van der Waals surface area contributed by atoms with Crippen LogP contribution < -0.4 is 4.57 Å². The minimum Gasteiger partial charge on any atom is -0.264 e.